The van der Waals surface area contributed by atoms with Crippen molar-refractivity contribution >= 4 is 5.71 Å². The molecular formula is C12H15NO. The van der Waals surface area contributed by atoms with Gasteiger partial charge < -0.3 is 5.21 Å². The Morgan fingerprint density at radius 2 is 2.07 bits per heavy atom. The molecule has 0 radical (unpaired) electrons. The maximum absolute atomic E-state index is 8.83. The van der Waals surface area contributed by atoms with Gasteiger partial charge in [0.2, 0.25) is 0 Å². The van der Waals surface area contributed by atoms with Gasteiger partial charge in [-0.3, -0.25) is 0 Å². The standard InChI is InChI=1S/C12H15NO/c1-8(2)10-4-3-9-5-6-12(13-14)11(9)7-10/h3-4,7-8,14H,5-6H2,1-2H3/b13-12+. The molecule has 0 amide bonds. The Morgan fingerprint density at radius 3 is 2.71 bits per heavy atom. The Morgan fingerprint density at radius 1 is 1.29 bits per heavy atom. The molecule has 0 fully saturated rings. The molecule has 2 nitrogen and oxygen atoms in total. The highest BCUT2D eigenvalue weighted by Gasteiger charge is 2.18. The van der Waals surface area contributed by atoms with E-state index in [1.165, 1.54) is 11.1 Å². The third-order valence-corrected chi connectivity index (χ3v) is 2.86. The monoisotopic (exact) mass is 189 g/mol. The molecular weight excluding hydrogens is 174 g/mol. The first-order valence-electron chi connectivity index (χ1n) is 5.06. The van der Waals surface area contributed by atoms with E-state index < -0.39 is 0 Å². The van der Waals surface area contributed by atoms with Crippen LogP contribution in [0.25, 0.3) is 0 Å². The Kier molecular flexibility index (Phi) is 2.28. The van der Waals surface area contributed by atoms with Gasteiger partial charge in [-0.15, -0.1) is 0 Å². The maximum atomic E-state index is 8.83. The van der Waals surface area contributed by atoms with Crippen LogP contribution < -0.4 is 0 Å². The average Bonchev–Trinajstić information content (AvgIpc) is 2.59. The fourth-order valence-corrected chi connectivity index (χ4v) is 1.93. The van der Waals surface area contributed by atoms with E-state index in [1.54, 1.807) is 0 Å². The summed E-state index contributed by atoms with van der Waals surface area (Å²) in [6.07, 6.45) is 1.88. The molecule has 0 spiro atoms. The number of hydrogen-bond acceptors (Lipinski definition) is 2. The molecule has 0 aromatic heterocycles. The minimum absolute atomic E-state index is 0.529. The van der Waals surface area contributed by atoms with Crippen LogP contribution in [0.5, 0.6) is 0 Å². The lowest BCUT2D eigenvalue weighted by atomic mass is 9.98. The van der Waals surface area contributed by atoms with E-state index in [0.29, 0.717) is 5.92 Å². The molecule has 1 aliphatic rings. The normalized spacial score (nSPS) is 17.8. The predicted molar refractivity (Wildman–Crippen MR) is 57.2 cm³/mol. The summed E-state index contributed by atoms with van der Waals surface area (Å²) in [5, 5.41) is 12.2. The topological polar surface area (TPSA) is 32.6 Å². The van der Waals surface area contributed by atoms with Gasteiger partial charge in [0.05, 0.1) is 5.71 Å². The van der Waals surface area contributed by atoms with Crippen molar-refractivity contribution in [3.05, 3.63) is 34.9 Å². The largest absolute Gasteiger partial charge is 0.411 e. The maximum Gasteiger partial charge on any atom is 0.0873 e. The van der Waals surface area contributed by atoms with E-state index in [2.05, 4.69) is 37.2 Å². The number of nitrogens with zero attached hydrogens (tertiary/aromatic N) is 1. The molecule has 0 saturated carbocycles. The average molecular weight is 189 g/mol. The van der Waals surface area contributed by atoms with Crippen LogP contribution in [0.1, 0.15) is 42.9 Å². The lowest BCUT2D eigenvalue weighted by Crippen LogP contribution is -1.96. The fourth-order valence-electron chi connectivity index (χ4n) is 1.93. The second kappa shape index (κ2) is 3.45. The van der Waals surface area contributed by atoms with E-state index in [0.717, 1.165) is 24.1 Å². The summed E-state index contributed by atoms with van der Waals surface area (Å²) in [4.78, 5) is 0. The van der Waals surface area contributed by atoms with Crippen LogP contribution in [0.4, 0.5) is 0 Å². The number of aryl methyl sites for hydroxylation is 1. The van der Waals surface area contributed by atoms with Crippen molar-refractivity contribution in [1.29, 1.82) is 0 Å². The highest BCUT2D eigenvalue weighted by atomic mass is 16.4. The molecule has 2 heteroatoms. The molecule has 0 heterocycles. The van der Waals surface area contributed by atoms with Gasteiger partial charge in [-0.25, -0.2) is 0 Å². The summed E-state index contributed by atoms with van der Waals surface area (Å²) in [5.41, 5.74) is 4.59. The highest BCUT2D eigenvalue weighted by Crippen LogP contribution is 2.26. The lowest BCUT2D eigenvalue weighted by molar-refractivity contribution is 0.318. The number of benzene rings is 1. The quantitative estimate of drug-likeness (QED) is 0.534. The molecule has 1 aromatic rings. The molecule has 0 aliphatic heterocycles. The summed E-state index contributed by atoms with van der Waals surface area (Å²) < 4.78 is 0. The van der Waals surface area contributed by atoms with Crippen molar-refractivity contribution in [2.75, 3.05) is 0 Å². The zero-order valence-corrected chi connectivity index (χ0v) is 8.62. The number of oxime groups is 1. The van der Waals surface area contributed by atoms with E-state index >= 15 is 0 Å². The van der Waals surface area contributed by atoms with Gasteiger partial charge in [0.1, 0.15) is 0 Å². The predicted octanol–water partition coefficient (Wildman–Crippen LogP) is 2.93. The second-order valence-electron chi connectivity index (χ2n) is 4.12. The minimum atomic E-state index is 0.529. The van der Waals surface area contributed by atoms with Crippen LogP contribution in [0.15, 0.2) is 23.4 Å². The van der Waals surface area contributed by atoms with Gasteiger partial charge in [-0.1, -0.05) is 31.1 Å². The fraction of sp³-hybridized carbons (Fsp3) is 0.417. The molecule has 1 aromatic carbocycles. The molecule has 0 saturated heterocycles. The van der Waals surface area contributed by atoms with Gasteiger partial charge in [0, 0.05) is 5.56 Å². The summed E-state index contributed by atoms with van der Waals surface area (Å²) in [6, 6.07) is 6.48. The zero-order chi connectivity index (χ0) is 10.1. The summed E-state index contributed by atoms with van der Waals surface area (Å²) in [5.74, 6) is 0.529. The SMILES string of the molecule is CC(C)c1ccc2c(c1)/C(=N/O)CC2. The third kappa shape index (κ3) is 1.41. The van der Waals surface area contributed by atoms with E-state index in [1.807, 2.05) is 0 Å². The third-order valence-electron chi connectivity index (χ3n) is 2.86. The minimum Gasteiger partial charge on any atom is -0.411 e. The van der Waals surface area contributed by atoms with Crippen LogP contribution in [-0.4, -0.2) is 10.9 Å². The van der Waals surface area contributed by atoms with Crippen molar-refractivity contribution in [2.45, 2.75) is 32.6 Å². The molecule has 0 bridgehead atoms. The summed E-state index contributed by atoms with van der Waals surface area (Å²) >= 11 is 0. The van der Waals surface area contributed by atoms with Crippen molar-refractivity contribution in [1.82, 2.24) is 0 Å². The molecule has 0 atom stereocenters. The first kappa shape index (κ1) is 9.25. The van der Waals surface area contributed by atoms with Gasteiger partial charge in [0.25, 0.3) is 0 Å². The second-order valence-corrected chi connectivity index (χ2v) is 4.12. The van der Waals surface area contributed by atoms with Gasteiger partial charge >= 0.3 is 0 Å². The first-order chi connectivity index (χ1) is 6.72. The Labute approximate surface area is 84.3 Å². The van der Waals surface area contributed by atoms with Crippen molar-refractivity contribution in [3.8, 4) is 0 Å². The van der Waals surface area contributed by atoms with E-state index in [4.69, 9.17) is 5.21 Å². The molecule has 14 heavy (non-hydrogen) atoms. The van der Waals surface area contributed by atoms with Gasteiger partial charge in [-0.2, -0.15) is 0 Å². The first-order valence-corrected chi connectivity index (χ1v) is 5.06. The Bertz CT molecular complexity index is 380. The molecule has 74 valence electrons. The smallest absolute Gasteiger partial charge is 0.0873 e. The summed E-state index contributed by atoms with van der Waals surface area (Å²) in [6.45, 7) is 4.35. The van der Waals surface area contributed by atoms with Gasteiger partial charge in [-0.05, 0) is 36.0 Å². The number of hydrogen-bond donors (Lipinski definition) is 1. The van der Waals surface area contributed by atoms with Crippen LogP contribution >= 0.6 is 0 Å². The number of rotatable bonds is 1. The lowest BCUT2D eigenvalue weighted by Gasteiger charge is -2.07. The number of fused-ring (bicyclic) bond motifs is 1. The Hall–Kier alpha value is -1.31. The van der Waals surface area contributed by atoms with E-state index in [9.17, 15) is 0 Å². The van der Waals surface area contributed by atoms with E-state index in [-0.39, 0.29) is 0 Å². The van der Waals surface area contributed by atoms with Crippen LogP contribution in [0.3, 0.4) is 0 Å². The van der Waals surface area contributed by atoms with Crippen LogP contribution in [0.2, 0.25) is 0 Å². The van der Waals surface area contributed by atoms with Crippen molar-refractivity contribution < 1.29 is 5.21 Å². The Balaban J connectivity index is 2.48. The molecule has 1 aliphatic carbocycles. The molecule has 2 rings (SSSR count). The van der Waals surface area contributed by atoms with Crippen LogP contribution in [0, 0.1) is 0 Å². The van der Waals surface area contributed by atoms with Crippen LogP contribution in [-0.2, 0) is 6.42 Å². The zero-order valence-electron chi connectivity index (χ0n) is 8.62. The van der Waals surface area contributed by atoms with Gasteiger partial charge in [0.15, 0.2) is 0 Å². The van der Waals surface area contributed by atoms with Crippen molar-refractivity contribution in [3.63, 3.8) is 0 Å². The molecule has 1 N–H and O–H groups in total. The molecule has 0 unspecified atom stereocenters. The summed E-state index contributed by atoms with van der Waals surface area (Å²) in [7, 11) is 0. The van der Waals surface area contributed by atoms with Crippen molar-refractivity contribution in [2.24, 2.45) is 5.16 Å². The highest BCUT2D eigenvalue weighted by molar-refractivity contribution is 6.04.